The summed E-state index contributed by atoms with van der Waals surface area (Å²) in [7, 11) is -7.31. The Hall–Kier alpha value is -2.46. The van der Waals surface area contributed by atoms with E-state index in [0.29, 0.717) is 49.5 Å². The van der Waals surface area contributed by atoms with Crippen LogP contribution in [-0.4, -0.2) is 222 Å². The summed E-state index contributed by atoms with van der Waals surface area (Å²) in [6, 6.07) is 21.3. The average Bonchev–Trinajstić information content (AvgIpc) is 1.68. The quantitative estimate of drug-likeness (QED) is 0.0284. The number of hydroxylamine groups is 1. The third-order valence-corrected chi connectivity index (χ3v) is 20.1. The minimum atomic E-state index is -3.67. The molecule has 0 bridgehead atoms. The molecule has 7 saturated heterocycles. The van der Waals surface area contributed by atoms with E-state index in [1.165, 1.54) is 49.7 Å². The van der Waals surface area contributed by atoms with Gasteiger partial charge in [-0.25, -0.2) is 4.74 Å². The van der Waals surface area contributed by atoms with E-state index in [0.717, 1.165) is 61.4 Å². The van der Waals surface area contributed by atoms with Gasteiger partial charge in [0.2, 0.25) is 0 Å². The van der Waals surface area contributed by atoms with Crippen LogP contribution >= 0.6 is 0 Å². The summed E-state index contributed by atoms with van der Waals surface area (Å²) in [5.74, 6) is -1.55. The Morgan fingerprint density at radius 3 is 1.45 bits per heavy atom. The number of hydrogen-bond acceptors (Lipinski definition) is 26. The van der Waals surface area contributed by atoms with Gasteiger partial charge in [0, 0.05) is 58.7 Å². The molecule has 9 aliphatic heterocycles. The van der Waals surface area contributed by atoms with Crippen molar-refractivity contribution in [1.29, 1.82) is 0 Å². The maximum absolute atomic E-state index is 11.3. The molecular formula is C73H125N4O23PdS2Se-. The first kappa shape index (κ1) is 95.7. The van der Waals surface area contributed by atoms with E-state index in [9.17, 15) is 22.0 Å². The van der Waals surface area contributed by atoms with Crippen LogP contribution in [0.1, 0.15) is 200 Å². The monoisotopic (exact) mass is 1680 g/mol. The van der Waals surface area contributed by atoms with Crippen molar-refractivity contribution in [2.45, 2.75) is 334 Å². The number of likely N-dealkylation sites (tertiary alicyclic amines) is 1. The molecule has 2 aromatic rings. The van der Waals surface area contributed by atoms with E-state index in [1.54, 1.807) is 27.0 Å². The number of hydrogen-bond donors (Lipinski definition) is 3. The molecule has 11 aliphatic rings. The van der Waals surface area contributed by atoms with E-state index in [2.05, 4.69) is 67.9 Å². The molecule has 18 atom stereocenters. The van der Waals surface area contributed by atoms with Crippen LogP contribution < -0.4 is 5.73 Å². The van der Waals surface area contributed by atoms with Crippen molar-refractivity contribution >= 4 is 47.5 Å². The Kier molecular flexibility index (Phi) is 38.9. The summed E-state index contributed by atoms with van der Waals surface area (Å²) in [6.07, 6.45) is 15.7. The molecule has 0 amide bonds. The van der Waals surface area contributed by atoms with Crippen molar-refractivity contribution in [2.75, 3.05) is 25.7 Å². The van der Waals surface area contributed by atoms with Crippen LogP contribution in [0.5, 0.6) is 0 Å². The van der Waals surface area contributed by atoms with Gasteiger partial charge in [0.15, 0.2) is 59.2 Å². The van der Waals surface area contributed by atoms with E-state index in [1.807, 2.05) is 113 Å². The Balaban J connectivity index is 0.000000316. The maximum atomic E-state index is 11.3. The minimum Gasteiger partial charge on any atom is -0.358 e. The van der Waals surface area contributed by atoms with Gasteiger partial charge >= 0.3 is 22.5 Å². The van der Waals surface area contributed by atoms with Crippen LogP contribution in [0.3, 0.4) is 0 Å². The number of ether oxygens (including phenoxy) is 12. The second-order valence-corrected chi connectivity index (χ2v) is 33.3. The summed E-state index contributed by atoms with van der Waals surface area (Å²) in [6.45, 7) is 37.9. The minimum absolute atomic E-state index is 0. The predicted molar refractivity (Wildman–Crippen MR) is 390 cm³/mol. The normalized spacial score (nSPS) is 33.1. The zero-order valence-corrected chi connectivity index (χ0v) is 70.0. The summed E-state index contributed by atoms with van der Waals surface area (Å²) in [4.78, 5) is 6.83. The first-order valence-electron chi connectivity index (χ1n) is 36.0. The molecule has 9 fully saturated rings. The molecule has 2 aliphatic carbocycles. The molecule has 13 rings (SSSR count). The Bertz CT molecular complexity index is 3130. The average molecular weight is 1680 g/mol. The second kappa shape index (κ2) is 42.3. The molecule has 31 heteroatoms. The van der Waals surface area contributed by atoms with Crippen molar-refractivity contribution in [3.05, 3.63) is 84.4 Å². The zero-order valence-electron chi connectivity index (χ0n) is 65.1. The molecule has 27 nitrogen and oxygen atoms in total. The molecule has 9 heterocycles. The fraction of sp³-hybridized carbons (Fsp3) is 0.795. The van der Waals surface area contributed by atoms with Crippen molar-refractivity contribution in [3.8, 4) is 0 Å². The Morgan fingerprint density at radius 2 is 1.02 bits per heavy atom. The van der Waals surface area contributed by atoms with Gasteiger partial charge in [-0.15, -0.1) is 0 Å². The van der Waals surface area contributed by atoms with Gasteiger partial charge in [-0.1, -0.05) is 115 Å². The number of nitrogens with two attached hydrogens (primary N) is 1. The van der Waals surface area contributed by atoms with Crippen LogP contribution in [0.25, 0.3) is 0 Å². The molecule has 0 radical (unpaired) electrons. The van der Waals surface area contributed by atoms with Gasteiger partial charge in [0.25, 0.3) is 20.2 Å². The fourth-order valence-corrected chi connectivity index (χ4v) is 16.0. The van der Waals surface area contributed by atoms with Crippen LogP contribution in [-0.2, 0) is 127 Å². The zero-order chi connectivity index (χ0) is 76.4. The van der Waals surface area contributed by atoms with E-state index < -0.39 is 76.5 Å². The van der Waals surface area contributed by atoms with E-state index in [-0.39, 0.29) is 88.7 Å². The standard InChI is InChI=1S/C16H23NO2.C11H22O8S2.2C10H18O2.C9H15NO3.C9H15NO2.C7H9N.CH3.O2Se.H2O2.Pd/c1-4-13-15-14(18-16(2,3)19-15)11-17(13)10-12-8-6-5-7-9-12;1-6-8(19-21(5,14)15)10-9(7-16-20(4,12)13)17-11(2,3)18-10;2*1-4-7-5-6-8-9(7)12-10(2,3)11-8;1-4-6-8-7(5-10(6)11)12-9(2,3)13-8;1-4-6-8-7(5-10-6)11-9(2,3)12-8;8-6-7-4-2-1-3-5-7;;1-3-2;1-2;/h5-9,13-15H,4,10-11H2,1-3H3;8-10H,6-7H2,1-5H3;2*7-9H,4-6H2,1-3H3;5-8H,4H2,1-3H3;5-8H,4H2,1-3H3;1-5H,6,8H2;1H3;;1-2H;/q;;;;;;;-1;;;/t13-,14+,15-;8-,9-,10+;2*7-,8-,9+;2*6-,7+,8-;;;;;/m100011...../s1. The SMILES string of the molecule is CC[C@@H]1[C@H]2OC(C)(C)O[C@H]2C=[N+]1[O-].CC[C@@H]1[C@H]2OC(C)(C)O[C@H]2CN1Cc1ccccc1.CC[C@H](OS(C)(=O)=O)[C@H]1OC(C)(C)O[C@H]1COS(C)(=O)=O.CC[C@H]1CC[C@@H]2OC(C)(C)O[C@H]12.CC[C@H]1CC[C@@H]2OC(C)(C)O[C@H]12.CC[C@H]1N=C[C@@H]2OC(C)(C)O[C@@H]21.NCc1ccccc1.O=[Se]=O.OO.[CH3-].[Pd]. The molecule has 2 saturated carbocycles. The van der Waals surface area contributed by atoms with Gasteiger partial charge in [-0.3, -0.25) is 28.8 Å². The largest absolute Gasteiger partial charge is 0.358 e. The van der Waals surface area contributed by atoms with Crippen LogP contribution in [0.15, 0.2) is 65.7 Å². The third-order valence-electron chi connectivity index (χ3n) is 19.0. The van der Waals surface area contributed by atoms with Crippen molar-refractivity contribution in [2.24, 2.45) is 22.6 Å². The molecule has 2 aromatic carbocycles. The van der Waals surface area contributed by atoms with Gasteiger partial charge in [0.05, 0.1) is 49.6 Å². The molecule has 0 unspecified atom stereocenters. The smallest absolute Gasteiger partial charge is 0 e. The summed E-state index contributed by atoms with van der Waals surface area (Å²) < 4.78 is 141. The number of nitrogens with zero attached hydrogens (tertiary/aromatic N) is 3. The molecule has 4 N–H and O–H groups in total. The number of fused-ring (bicyclic) bond motifs is 5. The second-order valence-electron chi connectivity index (χ2n) is 29.8. The molecular weight excluding hydrogens is 1550 g/mol. The summed E-state index contributed by atoms with van der Waals surface area (Å²) in [5, 5.41) is 23.3. The van der Waals surface area contributed by atoms with Crippen LogP contribution in [0, 0.1) is 24.5 Å². The molecule has 104 heavy (non-hydrogen) atoms. The Labute approximate surface area is 640 Å². The van der Waals surface area contributed by atoms with Gasteiger partial charge < -0.3 is 75.2 Å². The molecule has 0 aromatic heterocycles. The predicted octanol–water partition coefficient (Wildman–Crippen LogP) is 10.9. The van der Waals surface area contributed by atoms with E-state index >= 15 is 0 Å². The van der Waals surface area contributed by atoms with Crippen molar-refractivity contribution in [1.82, 2.24) is 4.90 Å². The van der Waals surface area contributed by atoms with E-state index in [4.69, 9.17) is 89.1 Å². The molecule has 0 spiro atoms. The Morgan fingerprint density at radius 1 is 0.577 bits per heavy atom. The van der Waals surface area contributed by atoms with Gasteiger partial charge in [-0.2, -0.15) is 16.8 Å². The van der Waals surface area contributed by atoms with Crippen molar-refractivity contribution in [3.63, 3.8) is 0 Å². The van der Waals surface area contributed by atoms with Gasteiger partial charge in [0.1, 0.15) is 42.7 Å². The first-order valence-corrected chi connectivity index (χ1v) is 41.0. The van der Waals surface area contributed by atoms with Crippen LogP contribution in [0.4, 0.5) is 0 Å². The van der Waals surface area contributed by atoms with Crippen molar-refractivity contribution < 1.29 is 125 Å². The number of benzene rings is 2. The van der Waals surface area contributed by atoms with Gasteiger partial charge in [-0.05, 0) is 151 Å². The van der Waals surface area contributed by atoms with Crippen LogP contribution in [0.2, 0.25) is 0 Å². The number of aliphatic imine (C=N–C) groups is 1. The third kappa shape index (κ3) is 29.3. The summed E-state index contributed by atoms with van der Waals surface area (Å²) in [5.41, 5.74) is 7.90. The maximum Gasteiger partial charge on any atom is 0 e. The first-order chi connectivity index (χ1) is 47.7. The fourth-order valence-electron chi connectivity index (χ4n) is 14.9. The topological polar surface area (TPSA) is 340 Å². The summed E-state index contributed by atoms with van der Waals surface area (Å²) >= 11 is -1.62. The molecule has 604 valence electrons. The number of rotatable bonds is 15.